The van der Waals surface area contributed by atoms with Gasteiger partial charge in [-0.1, -0.05) is 13.3 Å². The van der Waals surface area contributed by atoms with Gasteiger partial charge in [0.15, 0.2) is 0 Å². The van der Waals surface area contributed by atoms with E-state index in [4.69, 9.17) is 0 Å². The van der Waals surface area contributed by atoms with Gasteiger partial charge in [0, 0.05) is 23.6 Å². The largest absolute Gasteiger partial charge is 0.280 e. The molecule has 1 atom stereocenters. The Morgan fingerprint density at radius 3 is 3.06 bits per heavy atom. The summed E-state index contributed by atoms with van der Waals surface area (Å²) in [7, 11) is 0. The highest BCUT2D eigenvalue weighted by molar-refractivity contribution is 9.10. The summed E-state index contributed by atoms with van der Waals surface area (Å²) in [5, 5.41) is 0. The average molecular weight is 311 g/mol. The zero-order chi connectivity index (χ0) is 13.1. The molecule has 1 aliphatic rings. The molecule has 0 bridgehead atoms. The topological polar surface area (TPSA) is 50.3 Å². The number of halogens is 1. The van der Waals surface area contributed by atoms with Crippen LogP contribution in [0.2, 0.25) is 0 Å². The highest BCUT2D eigenvalue weighted by atomic mass is 79.9. The number of hydrogen-bond donors (Lipinski definition) is 0. The first-order valence-corrected chi connectivity index (χ1v) is 6.88. The van der Waals surface area contributed by atoms with E-state index in [2.05, 4.69) is 27.8 Å². The predicted molar refractivity (Wildman–Crippen MR) is 71.0 cm³/mol. The zero-order valence-corrected chi connectivity index (χ0v) is 11.8. The van der Waals surface area contributed by atoms with Gasteiger partial charge in [0.1, 0.15) is 5.69 Å². The lowest BCUT2D eigenvalue weighted by Gasteiger charge is -2.14. The number of rotatable bonds is 3. The maximum atomic E-state index is 12.2. The Labute approximate surface area is 115 Å². The van der Waals surface area contributed by atoms with Gasteiger partial charge in [0.05, 0.1) is 0 Å². The number of nitrogens with zero attached hydrogens (tertiary/aromatic N) is 2. The van der Waals surface area contributed by atoms with Crippen LogP contribution in [0, 0.1) is 5.92 Å². The second-order valence-electron chi connectivity index (χ2n) is 4.50. The van der Waals surface area contributed by atoms with Crippen LogP contribution in [-0.4, -0.2) is 28.2 Å². The molecule has 1 fully saturated rings. The molecule has 1 unspecified atom stereocenters. The SMILES string of the molecule is CCCC1CC(=O)N(C(=O)c2ncccc2Br)C1. The van der Waals surface area contributed by atoms with E-state index in [0.717, 1.165) is 12.8 Å². The lowest BCUT2D eigenvalue weighted by molar-refractivity contribution is -0.125. The minimum absolute atomic E-state index is 0.0870. The van der Waals surface area contributed by atoms with Gasteiger partial charge in [-0.25, -0.2) is 4.98 Å². The third-order valence-corrected chi connectivity index (χ3v) is 3.75. The Morgan fingerprint density at radius 1 is 1.61 bits per heavy atom. The van der Waals surface area contributed by atoms with Crippen LogP contribution in [-0.2, 0) is 4.79 Å². The Kier molecular flexibility index (Phi) is 4.11. The molecule has 2 rings (SSSR count). The van der Waals surface area contributed by atoms with E-state index in [9.17, 15) is 9.59 Å². The molecule has 1 saturated heterocycles. The van der Waals surface area contributed by atoms with Crippen molar-refractivity contribution >= 4 is 27.7 Å². The van der Waals surface area contributed by atoms with Crippen molar-refractivity contribution < 1.29 is 9.59 Å². The first-order valence-electron chi connectivity index (χ1n) is 6.08. The summed E-state index contributed by atoms with van der Waals surface area (Å²) in [6.07, 6.45) is 4.05. The zero-order valence-electron chi connectivity index (χ0n) is 10.2. The van der Waals surface area contributed by atoms with E-state index in [1.807, 2.05) is 0 Å². The minimum atomic E-state index is -0.300. The number of hydrogen-bond acceptors (Lipinski definition) is 3. The minimum Gasteiger partial charge on any atom is -0.277 e. The molecule has 2 heterocycles. The van der Waals surface area contributed by atoms with E-state index in [1.165, 1.54) is 4.90 Å². The monoisotopic (exact) mass is 310 g/mol. The predicted octanol–water partition coefficient (Wildman–Crippen LogP) is 2.63. The Hall–Kier alpha value is -1.23. The van der Waals surface area contributed by atoms with Crippen LogP contribution in [0.5, 0.6) is 0 Å². The molecule has 0 radical (unpaired) electrons. The molecule has 0 aromatic carbocycles. The van der Waals surface area contributed by atoms with Crippen molar-refractivity contribution in [1.82, 2.24) is 9.88 Å². The molecule has 1 aromatic rings. The number of carbonyl (C=O) groups excluding carboxylic acids is 2. The number of amides is 2. The first kappa shape index (κ1) is 13.2. The molecule has 1 aliphatic heterocycles. The molecular formula is C13H15BrN2O2. The van der Waals surface area contributed by atoms with E-state index < -0.39 is 0 Å². The molecule has 0 aliphatic carbocycles. The van der Waals surface area contributed by atoms with E-state index in [0.29, 0.717) is 29.1 Å². The first-order chi connectivity index (χ1) is 8.63. The lowest BCUT2D eigenvalue weighted by atomic mass is 10.0. The smallest absolute Gasteiger partial charge is 0.277 e. The van der Waals surface area contributed by atoms with Crippen LogP contribution in [0.4, 0.5) is 0 Å². The summed E-state index contributed by atoms with van der Waals surface area (Å²) in [5.41, 5.74) is 0.308. The number of aromatic nitrogens is 1. The molecule has 96 valence electrons. The van der Waals surface area contributed by atoms with Crippen LogP contribution < -0.4 is 0 Å². The van der Waals surface area contributed by atoms with Crippen molar-refractivity contribution in [2.45, 2.75) is 26.2 Å². The van der Waals surface area contributed by atoms with Gasteiger partial charge in [-0.05, 0) is 40.4 Å². The molecule has 0 spiro atoms. The summed E-state index contributed by atoms with van der Waals surface area (Å²) in [4.78, 5) is 29.5. The quantitative estimate of drug-likeness (QED) is 0.806. The summed E-state index contributed by atoms with van der Waals surface area (Å²) < 4.78 is 0.627. The van der Waals surface area contributed by atoms with Crippen molar-refractivity contribution in [2.24, 2.45) is 5.92 Å². The molecule has 4 nitrogen and oxygen atoms in total. The Bertz CT molecular complexity index is 476. The van der Waals surface area contributed by atoms with Crippen molar-refractivity contribution in [2.75, 3.05) is 6.54 Å². The van der Waals surface area contributed by atoms with Gasteiger partial charge in [-0.3, -0.25) is 14.5 Å². The van der Waals surface area contributed by atoms with E-state index in [1.54, 1.807) is 18.3 Å². The standard InChI is InChI=1S/C13H15BrN2O2/c1-2-4-9-7-11(17)16(8-9)13(18)12-10(14)5-3-6-15-12/h3,5-6,9H,2,4,7-8H2,1H3. The van der Waals surface area contributed by atoms with Gasteiger partial charge >= 0.3 is 0 Å². The summed E-state index contributed by atoms with van der Waals surface area (Å²) >= 11 is 3.29. The summed E-state index contributed by atoms with van der Waals surface area (Å²) in [6, 6.07) is 3.50. The Balaban J connectivity index is 2.15. The van der Waals surface area contributed by atoms with Crippen molar-refractivity contribution in [3.63, 3.8) is 0 Å². The average Bonchev–Trinajstić information content (AvgIpc) is 2.71. The van der Waals surface area contributed by atoms with Gasteiger partial charge < -0.3 is 0 Å². The number of pyridine rings is 1. The van der Waals surface area contributed by atoms with Crippen molar-refractivity contribution in [3.8, 4) is 0 Å². The molecule has 18 heavy (non-hydrogen) atoms. The van der Waals surface area contributed by atoms with E-state index >= 15 is 0 Å². The van der Waals surface area contributed by atoms with Crippen LogP contribution in [0.1, 0.15) is 36.7 Å². The van der Waals surface area contributed by atoms with Gasteiger partial charge in [0.2, 0.25) is 5.91 Å². The second-order valence-corrected chi connectivity index (χ2v) is 5.36. The summed E-state index contributed by atoms with van der Waals surface area (Å²) in [6.45, 7) is 2.61. The van der Waals surface area contributed by atoms with Crippen molar-refractivity contribution in [3.05, 3.63) is 28.5 Å². The number of carbonyl (C=O) groups is 2. The molecule has 1 aromatic heterocycles. The number of likely N-dealkylation sites (tertiary alicyclic amines) is 1. The maximum absolute atomic E-state index is 12.2. The normalized spacial score (nSPS) is 19.3. The molecule has 2 amide bonds. The third-order valence-electron chi connectivity index (χ3n) is 3.11. The Morgan fingerprint density at radius 2 is 2.39 bits per heavy atom. The van der Waals surface area contributed by atoms with E-state index in [-0.39, 0.29) is 11.8 Å². The highest BCUT2D eigenvalue weighted by Gasteiger charge is 2.34. The molecule has 5 heteroatoms. The highest BCUT2D eigenvalue weighted by Crippen LogP contribution is 2.25. The van der Waals surface area contributed by atoms with Gasteiger partial charge in [-0.2, -0.15) is 0 Å². The fourth-order valence-corrected chi connectivity index (χ4v) is 2.67. The maximum Gasteiger partial charge on any atom is 0.280 e. The van der Waals surface area contributed by atoms with Crippen LogP contribution in [0.25, 0.3) is 0 Å². The second kappa shape index (κ2) is 5.61. The molecule has 0 saturated carbocycles. The van der Waals surface area contributed by atoms with Crippen LogP contribution in [0.15, 0.2) is 22.8 Å². The fourth-order valence-electron chi connectivity index (χ4n) is 2.25. The van der Waals surface area contributed by atoms with Gasteiger partial charge in [0.25, 0.3) is 5.91 Å². The summed E-state index contributed by atoms with van der Waals surface area (Å²) in [5.74, 6) is -0.0870. The number of imide groups is 1. The van der Waals surface area contributed by atoms with Crippen LogP contribution >= 0.6 is 15.9 Å². The fraction of sp³-hybridized carbons (Fsp3) is 0.462. The van der Waals surface area contributed by atoms with Crippen LogP contribution in [0.3, 0.4) is 0 Å². The van der Waals surface area contributed by atoms with Crippen molar-refractivity contribution in [1.29, 1.82) is 0 Å². The lowest BCUT2D eigenvalue weighted by Crippen LogP contribution is -2.33. The molecule has 0 N–H and O–H groups in total. The molecular weight excluding hydrogens is 296 g/mol. The third kappa shape index (κ3) is 2.61. The van der Waals surface area contributed by atoms with Gasteiger partial charge in [-0.15, -0.1) is 0 Å².